The van der Waals surface area contributed by atoms with Gasteiger partial charge in [-0.05, 0) is 23.8 Å². The van der Waals surface area contributed by atoms with Crippen molar-refractivity contribution in [3.63, 3.8) is 0 Å². The van der Waals surface area contributed by atoms with Crippen LogP contribution < -0.4 is 4.90 Å². The summed E-state index contributed by atoms with van der Waals surface area (Å²) >= 11 is 0. The summed E-state index contributed by atoms with van der Waals surface area (Å²) in [6.45, 7) is 0. The number of amides is 1. The van der Waals surface area contributed by atoms with Crippen molar-refractivity contribution in [3.8, 4) is 11.5 Å². The highest BCUT2D eigenvalue weighted by molar-refractivity contribution is 6.10. The van der Waals surface area contributed by atoms with Crippen LogP contribution in [0.25, 0.3) is 11.5 Å². The Morgan fingerprint density at radius 2 is 1.85 bits per heavy atom. The van der Waals surface area contributed by atoms with E-state index in [-0.39, 0.29) is 5.69 Å². The minimum absolute atomic E-state index is 0.148. The molecule has 0 spiro atoms. The molecule has 0 aliphatic carbocycles. The number of rotatable bonds is 3. The van der Waals surface area contributed by atoms with Crippen molar-refractivity contribution in [2.75, 3.05) is 12.0 Å². The number of benzene rings is 2. The van der Waals surface area contributed by atoms with E-state index < -0.39 is 17.9 Å². The van der Waals surface area contributed by atoms with Crippen molar-refractivity contribution in [1.29, 1.82) is 0 Å². The lowest BCUT2D eigenvalue weighted by molar-refractivity contribution is -0.141. The molecule has 4 rings (SSSR count). The lowest BCUT2D eigenvalue weighted by Crippen LogP contribution is -2.43. The molecule has 6 heteroatoms. The highest BCUT2D eigenvalue weighted by atomic mass is 16.5. The molecule has 0 N–H and O–H groups in total. The molecule has 1 aliphatic heterocycles. The maximum Gasteiger partial charge on any atom is 0.329 e. The third-order valence-corrected chi connectivity index (χ3v) is 4.41. The van der Waals surface area contributed by atoms with Crippen molar-refractivity contribution >= 4 is 17.6 Å². The van der Waals surface area contributed by atoms with E-state index in [0.717, 1.165) is 11.1 Å². The third kappa shape index (κ3) is 2.65. The van der Waals surface area contributed by atoms with Gasteiger partial charge in [-0.3, -0.25) is 9.69 Å². The normalized spacial score (nSPS) is 15.6. The zero-order chi connectivity index (χ0) is 18.1. The van der Waals surface area contributed by atoms with Crippen molar-refractivity contribution in [2.24, 2.45) is 0 Å². The maximum atomic E-state index is 13.1. The summed E-state index contributed by atoms with van der Waals surface area (Å²) in [5.74, 6) is -0.492. The SMILES string of the molecule is COC(=O)C1Cc2ccccc2N1C(=O)c1coc(-c2ccccc2)n1. The van der Waals surface area contributed by atoms with Gasteiger partial charge in [-0.1, -0.05) is 36.4 Å². The molecule has 26 heavy (non-hydrogen) atoms. The smallest absolute Gasteiger partial charge is 0.329 e. The molecule has 1 atom stereocenters. The molecule has 2 aromatic carbocycles. The zero-order valence-corrected chi connectivity index (χ0v) is 14.1. The average molecular weight is 348 g/mol. The van der Waals surface area contributed by atoms with Crippen molar-refractivity contribution in [3.05, 3.63) is 72.1 Å². The number of oxazole rings is 1. The van der Waals surface area contributed by atoms with Gasteiger partial charge in [0.1, 0.15) is 12.3 Å². The molecule has 1 amide bonds. The number of nitrogens with zero attached hydrogens (tertiary/aromatic N) is 2. The molecule has 1 aliphatic rings. The molecule has 6 nitrogen and oxygen atoms in total. The highest BCUT2D eigenvalue weighted by Crippen LogP contribution is 2.34. The van der Waals surface area contributed by atoms with Crippen molar-refractivity contribution in [1.82, 2.24) is 4.98 Å². The molecular weight excluding hydrogens is 332 g/mol. The molecule has 0 saturated heterocycles. The number of fused-ring (bicyclic) bond motifs is 1. The van der Waals surface area contributed by atoms with Gasteiger partial charge in [-0.2, -0.15) is 0 Å². The Balaban J connectivity index is 1.70. The van der Waals surface area contributed by atoms with Gasteiger partial charge in [0.2, 0.25) is 5.89 Å². The largest absolute Gasteiger partial charge is 0.467 e. The van der Waals surface area contributed by atoms with Crippen molar-refractivity contribution in [2.45, 2.75) is 12.5 Å². The first-order valence-corrected chi connectivity index (χ1v) is 8.19. The number of ether oxygens (including phenoxy) is 1. The Morgan fingerprint density at radius 1 is 1.12 bits per heavy atom. The third-order valence-electron chi connectivity index (χ3n) is 4.41. The van der Waals surface area contributed by atoms with Crippen LogP contribution in [0, 0.1) is 0 Å². The van der Waals surface area contributed by atoms with Crippen LogP contribution in [0.3, 0.4) is 0 Å². The average Bonchev–Trinajstić information content (AvgIpc) is 3.32. The minimum atomic E-state index is -0.707. The number of aromatic nitrogens is 1. The number of methoxy groups -OCH3 is 1. The number of hydrogen-bond acceptors (Lipinski definition) is 5. The van der Waals surface area contributed by atoms with Gasteiger partial charge in [-0.25, -0.2) is 9.78 Å². The number of carbonyl (C=O) groups excluding carboxylic acids is 2. The summed E-state index contributed by atoms with van der Waals surface area (Å²) in [6, 6.07) is 16.0. The summed E-state index contributed by atoms with van der Waals surface area (Å²) in [5.41, 5.74) is 2.53. The monoisotopic (exact) mass is 348 g/mol. The molecule has 1 aromatic heterocycles. The van der Waals surface area contributed by atoms with Crippen LogP contribution in [-0.2, 0) is 16.0 Å². The topological polar surface area (TPSA) is 72.6 Å². The lowest BCUT2D eigenvalue weighted by atomic mass is 10.1. The Labute approximate surface area is 150 Å². The second-order valence-corrected chi connectivity index (χ2v) is 5.95. The van der Waals surface area contributed by atoms with Crippen LogP contribution in [0.4, 0.5) is 5.69 Å². The van der Waals surface area contributed by atoms with Gasteiger partial charge < -0.3 is 9.15 Å². The first-order valence-electron chi connectivity index (χ1n) is 8.19. The second-order valence-electron chi connectivity index (χ2n) is 5.95. The summed E-state index contributed by atoms with van der Waals surface area (Å²) in [6.07, 6.45) is 1.73. The predicted octanol–water partition coefficient (Wildman–Crippen LogP) is 3.09. The van der Waals surface area contributed by atoms with E-state index in [1.54, 1.807) is 0 Å². The Hall–Kier alpha value is -3.41. The number of hydrogen-bond donors (Lipinski definition) is 0. The summed E-state index contributed by atoms with van der Waals surface area (Å²) < 4.78 is 10.3. The lowest BCUT2D eigenvalue weighted by Gasteiger charge is -2.22. The summed E-state index contributed by atoms with van der Waals surface area (Å²) in [5, 5.41) is 0. The van der Waals surface area contributed by atoms with E-state index in [1.165, 1.54) is 18.3 Å². The standard InChI is InChI=1S/C20H16N2O4/c1-25-20(24)17-11-14-9-5-6-10-16(14)22(17)19(23)15-12-26-18(21-15)13-7-3-2-4-8-13/h2-10,12,17H,11H2,1H3. The van der Waals surface area contributed by atoms with Gasteiger partial charge in [0.05, 0.1) is 7.11 Å². The minimum Gasteiger partial charge on any atom is -0.467 e. The molecule has 0 bridgehead atoms. The van der Waals surface area contributed by atoms with E-state index in [0.29, 0.717) is 18.0 Å². The molecule has 130 valence electrons. The fourth-order valence-corrected chi connectivity index (χ4v) is 3.17. The molecule has 0 radical (unpaired) electrons. The summed E-state index contributed by atoms with van der Waals surface area (Å²) in [4.78, 5) is 31.0. The molecule has 0 fully saturated rings. The summed E-state index contributed by atoms with van der Waals surface area (Å²) in [7, 11) is 1.32. The number of esters is 1. The van der Waals surface area contributed by atoms with Crippen LogP contribution in [0.1, 0.15) is 16.1 Å². The molecule has 1 unspecified atom stereocenters. The fraction of sp³-hybridized carbons (Fsp3) is 0.150. The van der Waals surface area contributed by atoms with Gasteiger partial charge in [-0.15, -0.1) is 0 Å². The Kier molecular flexibility index (Phi) is 4.01. The van der Waals surface area contributed by atoms with E-state index in [9.17, 15) is 9.59 Å². The van der Waals surface area contributed by atoms with Crippen molar-refractivity contribution < 1.29 is 18.7 Å². The highest BCUT2D eigenvalue weighted by Gasteiger charge is 2.40. The van der Waals surface area contributed by atoms with Crippen LogP contribution in [0.15, 0.2) is 65.3 Å². The second kappa shape index (κ2) is 6.48. The fourth-order valence-electron chi connectivity index (χ4n) is 3.17. The number of para-hydroxylation sites is 1. The quantitative estimate of drug-likeness (QED) is 0.680. The maximum absolute atomic E-state index is 13.1. The van der Waals surface area contributed by atoms with Crippen LogP contribution in [-0.4, -0.2) is 30.0 Å². The number of carbonyl (C=O) groups is 2. The van der Waals surface area contributed by atoms with Crippen LogP contribution in [0.2, 0.25) is 0 Å². The van der Waals surface area contributed by atoms with Crippen LogP contribution in [0.5, 0.6) is 0 Å². The molecule has 3 aromatic rings. The molecule has 0 saturated carbocycles. The first-order chi connectivity index (χ1) is 12.7. The predicted molar refractivity (Wildman–Crippen MR) is 94.7 cm³/mol. The van der Waals surface area contributed by atoms with E-state index in [1.807, 2.05) is 54.6 Å². The number of anilines is 1. The van der Waals surface area contributed by atoms with Gasteiger partial charge in [0.25, 0.3) is 5.91 Å². The van der Waals surface area contributed by atoms with Gasteiger partial charge in [0, 0.05) is 17.7 Å². The first kappa shape index (κ1) is 16.1. The van der Waals surface area contributed by atoms with Gasteiger partial charge >= 0.3 is 5.97 Å². The van der Waals surface area contributed by atoms with E-state index >= 15 is 0 Å². The van der Waals surface area contributed by atoms with E-state index in [2.05, 4.69) is 4.98 Å². The van der Waals surface area contributed by atoms with Gasteiger partial charge in [0.15, 0.2) is 5.69 Å². The molecular formula is C20H16N2O4. The molecule has 2 heterocycles. The van der Waals surface area contributed by atoms with Crippen LogP contribution >= 0.6 is 0 Å². The van der Waals surface area contributed by atoms with E-state index in [4.69, 9.17) is 9.15 Å². The Morgan fingerprint density at radius 3 is 2.62 bits per heavy atom. The Bertz CT molecular complexity index is 965. The zero-order valence-electron chi connectivity index (χ0n) is 14.1.